The van der Waals surface area contributed by atoms with Gasteiger partial charge in [0.05, 0.1) is 11.9 Å². The second-order valence-corrected chi connectivity index (χ2v) is 6.02. The summed E-state index contributed by atoms with van der Waals surface area (Å²) in [5.74, 6) is 0.0561. The second kappa shape index (κ2) is 5.69. The van der Waals surface area contributed by atoms with Gasteiger partial charge in [-0.15, -0.1) is 0 Å². The Kier molecular flexibility index (Phi) is 3.74. The highest BCUT2D eigenvalue weighted by Gasteiger charge is 2.21. The third-order valence-corrected chi connectivity index (χ3v) is 4.52. The Bertz CT molecular complexity index is 646. The fourth-order valence-electron chi connectivity index (χ4n) is 2.26. The number of nitrogen functional groups attached to an aromatic ring is 1. The predicted octanol–water partition coefficient (Wildman–Crippen LogP) is 2.28. The van der Waals surface area contributed by atoms with E-state index in [1.807, 2.05) is 19.1 Å². The molecule has 0 saturated carbocycles. The fourth-order valence-corrected chi connectivity index (χ4v) is 3.19. The van der Waals surface area contributed by atoms with E-state index in [9.17, 15) is 4.79 Å². The predicted molar refractivity (Wildman–Crippen MR) is 84.9 cm³/mol. The smallest absolute Gasteiger partial charge is 0.269 e. The molecule has 2 aromatic rings. The lowest BCUT2D eigenvalue weighted by atomic mass is 10.3. The first-order valence-electron chi connectivity index (χ1n) is 6.89. The average molecular weight is 303 g/mol. The molecule has 1 amide bonds. The summed E-state index contributed by atoms with van der Waals surface area (Å²) < 4.78 is 0. The molecular weight excluding hydrogens is 286 g/mol. The first kappa shape index (κ1) is 13.8. The van der Waals surface area contributed by atoms with Crippen molar-refractivity contribution in [2.24, 2.45) is 0 Å². The number of carbonyl (C=O) groups is 1. The lowest BCUT2D eigenvalue weighted by Crippen LogP contribution is -2.17. The Morgan fingerprint density at radius 3 is 2.81 bits per heavy atom. The minimum Gasteiger partial charge on any atom is -0.382 e. The zero-order chi connectivity index (χ0) is 14.8. The van der Waals surface area contributed by atoms with Gasteiger partial charge in [-0.1, -0.05) is 11.3 Å². The molecule has 0 spiro atoms. The molecule has 0 bridgehead atoms. The molecule has 0 aromatic carbocycles. The first-order valence-corrected chi connectivity index (χ1v) is 7.70. The number of anilines is 3. The van der Waals surface area contributed by atoms with Crippen LogP contribution in [0.2, 0.25) is 0 Å². The van der Waals surface area contributed by atoms with Crippen molar-refractivity contribution in [3.05, 3.63) is 28.9 Å². The van der Waals surface area contributed by atoms with Crippen molar-refractivity contribution in [3.63, 3.8) is 0 Å². The van der Waals surface area contributed by atoms with Crippen LogP contribution in [0.15, 0.2) is 18.3 Å². The van der Waals surface area contributed by atoms with E-state index in [-0.39, 0.29) is 5.91 Å². The van der Waals surface area contributed by atoms with Crippen LogP contribution in [0.4, 0.5) is 16.6 Å². The average Bonchev–Trinajstić information content (AvgIpc) is 3.10. The molecule has 0 unspecified atom stereocenters. The highest BCUT2D eigenvalue weighted by Crippen LogP contribution is 2.30. The van der Waals surface area contributed by atoms with Crippen molar-refractivity contribution in [2.45, 2.75) is 19.8 Å². The van der Waals surface area contributed by atoms with E-state index in [0.29, 0.717) is 16.4 Å². The number of carbonyl (C=O) groups excluding carboxylic acids is 1. The van der Waals surface area contributed by atoms with Crippen molar-refractivity contribution in [3.8, 4) is 0 Å². The summed E-state index contributed by atoms with van der Waals surface area (Å²) in [6.45, 7) is 3.86. The molecular formula is C14H17N5OS. The number of aromatic nitrogens is 2. The maximum atomic E-state index is 12.3. The Hall–Kier alpha value is -2.15. The summed E-state index contributed by atoms with van der Waals surface area (Å²) in [6.07, 6.45) is 3.96. The van der Waals surface area contributed by atoms with Crippen LogP contribution in [-0.4, -0.2) is 29.0 Å². The van der Waals surface area contributed by atoms with Gasteiger partial charge in [-0.25, -0.2) is 4.98 Å². The molecule has 1 saturated heterocycles. The summed E-state index contributed by atoms with van der Waals surface area (Å²) in [7, 11) is 0. The van der Waals surface area contributed by atoms with E-state index in [1.54, 1.807) is 6.20 Å². The van der Waals surface area contributed by atoms with E-state index >= 15 is 0 Å². The van der Waals surface area contributed by atoms with Crippen molar-refractivity contribution >= 4 is 33.9 Å². The van der Waals surface area contributed by atoms with Gasteiger partial charge in [0.25, 0.3) is 5.91 Å². The van der Waals surface area contributed by atoms with E-state index < -0.39 is 0 Å². The number of nitrogens with two attached hydrogens (primary N) is 1. The van der Waals surface area contributed by atoms with Gasteiger partial charge < -0.3 is 16.0 Å². The van der Waals surface area contributed by atoms with E-state index in [0.717, 1.165) is 36.8 Å². The van der Waals surface area contributed by atoms with Gasteiger partial charge in [0, 0.05) is 18.8 Å². The maximum absolute atomic E-state index is 12.3. The van der Waals surface area contributed by atoms with Gasteiger partial charge in [0.2, 0.25) is 0 Å². The van der Waals surface area contributed by atoms with Crippen LogP contribution < -0.4 is 16.0 Å². The normalized spacial score (nSPS) is 14.4. The van der Waals surface area contributed by atoms with Crippen LogP contribution in [0.5, 0.6) is 0 Å². The molecule has 6 nitrogen and oxygen atoms in total. The van der Waals surface area contributed by atoms with Crippen molar-refractivity contribution < 1.29 is 4.79 Å². The Morgan fingerprint density at radius 2 is 2.14 bits per heavy atom. The third kappa shape index (κ3) is 2.97. The van der Waals surface area contributed by atoms with Gasteiger partial charge in [-0.2, -0.15) is 0 Å². The van der Waals surface area contributed by atoms with Crippen LogP contribution in [-0.2, 0) is 0 Å². The van der Waals surface area contributed by atoms with Gasteiger partial charge in [0.1, 0.15) is 10.7 Å². The topological polar surface area (TPSA) is 84.1 Å². The zero-order valence-electron chi connectivity index (χ0n) is 11.8. The molecule has 3 N–H and O–H groups in total. The molecule has 1 aliphatic rings. The molecule has 0 atom stereocenters. The summed E-state index contributed by atoms with van der Waals surface area (Å²) in [4.78, 5) is 23.4. The number of amides is 1. The summed E-state index contributed by atoms with van der Waals surface area (Å²) >= 11 is 1.34. The van der Waals surface area contributed by atoms with Crippen LogP contribution in [0.3, 0.4) is 0 Å². The SMILES string of the molecule is Cc1ccc(NC(=O)c2sc(N3CCCC3)nc2N)cn1. The van der Waals surface area contributed by atoms with Crippen LogP contribution >= 0.6 is 11.3 Å². The second-order valence-electron chi connectivity index (χ2n) is 5.05. The number of rotatable bonds is 3. The molecule has 2 aromatic heterocycles. The zero-order valence-corrected chi connectivity index (χ0v) is 12.6. The summed E-state index contributed by atoms with van der Waals surface area (Å²) in [5, 5.41) is 3.63. The number of pyridine rings is 1. The van der Waals surface area contributed by atoms with Crippen LogP contribution in [0.1, 0.15) is 28.2 Å². The van der Waals surface area contributed by atoms with E-state index in [1.165, 1.54) is 11.3 Å². The molecule has 1 aliphatic heterocycles. The Morgan fingerprint density at radius 1 is 1.38 bits per heavy atom. The standard InChI is InChI=1S/C14H17N5OS/c1-9-4-5-10(8-16-9)17-13(20)11-12(15)18-14(21-11)19-6-2-3-7-19/h4-5,8H,2-3,6-7,15H2,1H3,(H,17,20). The number of nitrogens with one attached hydrogen (secondary N) is 1. The minimum atomic E-state index is -0.235. The van der Waals surface area contributed by atoms with E-state index in [2.05, 4.69) is 20.2 Å². The lowest BCUT2D eigenvalue weighted by Gasteiger charge is -2.11. The van der Waals surface area contributed by atoms with E-state index in [4.69, 9.17) is 5.73 Å². The first-order chi connectivity index (χ1) is 10.1. The largest absolute Gasteiger partial charge is 0.382 e. The molecule has 7 heteroatoms. The molecule has 110 valence electrons. The quantitative estimate of drug-likeness (QED) is 0.908. The molecule has 1 fully saturated rings. The van der Waals surface area contributed by atoms with Crippen molar-refractivity contribution in [2.75, 3.05) is 29.0 Å². The van der Waals surface area contributed by atoms with Crippen molar-refractivity contribution in [1.82, 2.24) is 9.97 Å². The number of hydrogen-bond acceptors (Lipinski definition) is 6. The Labute approximate surface area is 127 Å². The molecule has 0 aliphatic carbocycles. The highest BCUT2D eigenvalue weighted by molar-refractivity contribution is 7.18. The molecule has 0 radical (unpaired) electrons. The monoisotopic (exact) mass is 303 g/mol. The highest BCUT2D eigenvalue weighted by atomic mass is 32.1. The molecule has 21 heavy (non-hydrogen) atoms. The summed E-state index contributed by atoms with van der Waals surface area (Å²) in [6, 6.07) is 3.67. The molecule has 3 rings (SSSR count). The van der Waals surface area contributed by atoms with Gasteiger partial charge in [-0.3, -0.25) is 9.78 Å². The van der Waals surface area contributed by atoms with Gasteiger partial charge >= 0.3 is 0 Å². The number of thiazole rings is 1. The number of hydrogen-bond donors (Lipinski definition) is 2. The van der Waals surface area contributed by atoms with Gasteiger partial charge in [0.15, 0.2) is 5.13 Å². The number of aryl methyl sites for hydroxylation is 1. The maximum Gasteiger partial charge on any atom is 0.269 e. The van der Waals surface area contributed by atoms with Crippen molar-refractivity contribution in [1.29, 1.82) is 0 Å². The third-order valence-electron chi connectivity index (χ3n) is 3.39. The van der Waals surface area contributed by atoms with Gasteiger partial charge in [-0.05, 0) is 31.9 Å². The fraction of sp³-hybridized carbons (Fsp3) is 0.357. The van der Waals surface area contributed by atoms with Crippen LogP contribution in [0, 0.1) is 6.92 Å². The molecule has 3 heterocycles. The Balaban J connectivity index is 1.76. The minimum absolute atomic E-state index is 0.235. The number of nitrogens with zero attached hydrogens (tertiary/aromatic N) is 3. The summed E-state index contributed by atoms with van der Waals surface area (Å²) in [5.41, 5.74) is 7.44. The lowest BCUT2D eigenvalue weighted by molar-refractivity contribution is 0.103. The van der Waals surface area contributed by atoms with Crippen LogP contribution in [0.25, 0.3) is 0 Å².